The molecule has 0 heterocycles. The van der Waals surface area contributed by atoms with E-state index in [0.717, 1.165) is 0 Å². The second-order valence-corrected chi connectivity index (χ2v) is 4.79. The lowest BCUT2D eigenvalue weighted by Gasteiger charge is -2.10. The average molecular weight is 265 g/mol. The smallest absolute Gasteiger partial charge is 0.401 e. The molecule has 0 aliphatic rings. The molecule has 1 atom stereocenters. The van der Waals surface area contributed by atoms with Crippen molar-refractivity contribution in [3.05, 3.63) is 53.0 Å². The van der Waals surface area contributed by atoms with Crippen molar-refractivity contribution in [3.8, 4) is 5.75 Å². The minimum Gasteiger partial charge on any atom is -0.507 e. The molecular weight excluding hydrogens is 252 g/mol. The number of nitrogens with zero attached hydrogens (tertiary/aromatic N) is 2. The van der Waals surface area contributed by atoms with Crippen LogP contribution in [0.5, 0.6) is 5.75 Å². The molecule has 0 saturated carbocycles. The fourth-order valence-corrected chi connectivity index (χ4v) is 2.66. The maximum Gasteiger partial charge on any atom is 0.401 e. The minimum absolute atomic E-state index is 0.130. The predicted octanol–water partition coefficient (Wildman–Crippen LogP) is 4.24. The number of diazo groups is 1. The highest BCUT2D eigenvalue weighted by atomic mass is 16.3. The van der Waals surface area contributed by atoms with E-state index < -0.39 is 6.10 Å². The van der Waals surface area contributed by atoms with Crippen molar-refractivity contribution in [2.75, 3.05) is 0 Å². The molecule has 98 valence electrons. The van der Waals surface area contributed by atoms with Crippen LogP contribution < -0.4 is 0 Å². The summed E-state index contributed by atoms with van der Waals surface area (Å²) in [5.41, 5.74) is 0.987. The van der Waals surface area contributed by atoms with Gasteiger partial charge in [0.15, 0.2) is 4.98 Å². The average Bonchev–Trinajstić information content (AvgIpc) is 2.47. The fourth-order valence-electron chi connectivity index (χ4n) is 2.66. The van der Waals surface area contributed by atoms with E-state index in [1.807, 2.05) is 12.1 Å². The minimum atomic E-state index is -0.722. The molecule has 0 amide bonds. The molecule has 3 aromatic carbocycles. The monoisotopic (exact) mass is 265 g/mol. The molecule has 0 aliphatic carbocycles. The molecule has 3 rings (SSSR count). The number of phenolic OH excluding ortho intramolecular Hbond substituents is 1. The highest BCUT2D eigenvalue weighted by Crippen LogP contribution is 2.44. The first-order chi connectivity index (χ1) is 9.65. The zero-order valence-corrected chi connectivity index (χ0v) is 10.9. The van der Waals surface area contributed by atoms with E-state index in [4.69, 9.17) is 0 Å². The summed E-state index contributed by atoms with van der Waals surface area (Å²) >= 11 is 0. The summed E-state index contributed by atoms with van der Waals surface area (Å²) in [6, 6.07) is 12.4. The first kappa shape index (κ1) is 12.4. The second-order valence-electron chi connectivity index (χ2n) is 4.79. The van der Waals surface area contributed by atoms with Crippen LogP contribution in [0.25, 0.3) is 26.5 Å². The van der Waals surface area contributed by atoms with Gasteiger partial charge in [-0.3, -0.25) is 0 Å². The molecule has 1 unspecified atom stereocenters. The Kier molecular flexibility index (Phi) is 2.78. The summed E-state index contributed by atoms with van der Waals surface area (Å²) in [6.45, 7) is 1.64. The van der Waals surface area contributed by atoms with Crippen LogP contribution in [0.1, 0.15) is 18.6 Å². The third-order valence-corrected chi connectivity index (χ3v) is 3.58. The summed E-state index contributed by atoms with van der Waals surface area (Å²) < 4.78 is 0. The summed E-state index contributed by atoms with van der Waals surface area (Å²) in [6.07, 6.45) is -0.722. The standard InChI is InChI=1S/C16H12N2O2/c1-9(19)10-7-4-8-13-14(10)15(18-17)11-5-2-3-6-12(11)16(13)20/h2-9,19H,1H3/p+1. The first-order valence-corrected chi connectivity index (χ1v) is 6.34. The molecule has 0 spiro atoms. The number of aliphatic hydroxyl groups is 1. The topological polar surface area (TPSA) is 68.6 Å². The van der Waals surface area contributed by atoms with Crippen LogP contribution in [0.15, 0.2) is 42.5 Å². The quantitative estimate of drug-likeness (QED) is 0.511. The zero-order chi connectivity index (χ0) is 14.3. The number of phenols is 1. The Morgan fingerprint density at radius 2 is 1.65 bits per heavy atom. The second kappa shape index (κ2) is 4.48. The Bertz CT molecular complexity index is 864. The number of aromatic hydroxyl groups is 1. The zero-order valence-electron chi connectivity index (χ0n) is 10.9. The number of hydrogen-bond acceptors (Lipinski definition) is 3. The molecular formula is C16H13N2O2+. The fraction of sp³-hybridized carbons (Fsp3) is 0.125. The van der Waals surface area contributed by atoms with Gasteiger partial charge in [0.1, 0.15) is 5.75 Å². The molecule has 3 aromatic rings. The van der Waals surface area contributed by atoms with Gasteiger partial charge in [0, 0.05) is 10.8 Å². The predicted molar refractivity (Wildman–Crippen MR) is 78.5 cm³/mol. The van der Waals surface area contributed by atoms with E-state index in [2.05, 4.69) is 4.98 Å². The maximum absolute atomic E-state index is 10.4. The maximum atomic E-state index is 10.4. The summed E-state index contributed by atoms with van der Waals surface area (Å²) in [5, 5.41) is 32.1. The summed E-state index contributed by atoms with van der Waals surface area (Å²) in [4.78, 5) is 3.39. The molecule has 0 saturated heterocycles. The van der Waals surface area contributed by atoms with E-state index in [1.54, 1.807) is 37.3 Å². The lowest BCUT2D eigenvalue weighted by atomic mass is 9.94. The van der Waals surface area contributed by atoms with Gasteiger partial charge < -0.3 is 10.2 Å². The number of rotatable bonds is 1. The van der Waals surface area contributed by atoms with Crippen LogP contribution in [0.2, 0.25) is 0 Å². The van der Waals surface area contributed by atoms with Crippen LogP contribution in [-0.4, -0.2) is 10.2 Å². The highest BCUT2D eigenvalue weighted by Gasteiger charge is 2.25. The van der Waals surface area contributed by atoms with Gasteiger partial charge in [-0.15, -0.1) is 0 Å². The van der Waals surface area contributed by atoms with E-state index in [-0.39, 0.29) is 5.75 Å². The van der Waals surface area contributed by atoms with Gasteiger partial charge in [-0.05, 0) is 18.6 Å². The van der Waals surface area contributed by atoms with Crippen LogP contribution in [-0.2, 0) is 0 Å². The third kappa shape index (κ3) is 1.61. The normalized spacial score (nSPS) is 12.4. The van der Waals surface area contributed by atoms with Crippen LogP contribution in [0.3, 0.4) is 0 Å². The molecule has 4 nitrogen and oxygen atoms in total. The van der Waals surface area contributed by atoms with Gasteiger partial charge in [-0.1, -0.05) is 36.4 Å². The van der Waals surface area contributed by atoms with E-state index in [0.29, 0.717) is 32.8 Å². The van der Waals surface area contributed by atoms with Gasteiger partial charge in [0.2, 0.25) is 5.39 Å². The van der Waals surface area contributed by atoms with E-state index >= 15 is 0 Å². The molecule has 0 aliphatic heterocycles. The largest absolute Gasteiger partial charge is 0.507 e. The molecule has 20 heavy (non-hydrogen) atoms. The van der Waals surface area contributed by atoms with Crippen molar-refractivity contribution in [1.82, 2.24) is 0 Å². The van der Waals surface area contributed by atoms with Gasteiger partial charge in [0.25, 0.3) is 0 Å². The number of aliphatic hydroxyl groups excluding tert-OH is 1. The molecule has 0 aromatic heterocycles. The van der Waals surface area contributed by atoms with Gasteiger partial charge in [-0.2, -0.15) is 0 Å². The van der Waals surface area contributed by atoms with Gasteiger partial charge >= 0.3 is 5.69 Å². The Morgan fingerprint density at radius 1 is 1.00 bits per heavy atom. The lowest BCUT2D eigenvalue weighted by molar-refractivity contribution is 0.201. The molecule has 2 N–H and O–H groups in total. The molecule has 4 heteroatoms. The molecule has 0 fully saturated rings. The highest BCUT2D eigenvalue weighted by molar-refractivity contribution is 6.16. The first-order valence-electron chi connectivity index (χ1n) is 6.34. The number of benzene rings is 3. The number of fused-ring (bicyclic) bond motifs is 2. The van der Waals surface area contributed by atoms with Crippen LogP contribution in [0.4, 0.5) is 5.69 Å². The van der Waals surface area contributed by atoms with Crippen LogP contribution >= 0.6 is 0 Å². The number of hydrogen-bond donors (Lipinski definition) is 2. The SMILES string of the molecule is CC(O)c1cccc2c(O)c3ccccc3c([N+]#N)c12. The van der Waals surface area contributed by atoms with E-state index in [1.165, 1.54) is 0 Å². The Morgan fingerprint density at radius 3 is 2.30 bits per heavy atom. The van der Waals surface area contributed by atoms with Gasteiger partial charge in [-0.25, -0.2) is 0 Å². The van der Waals surface area contributed by atoms with Crippen molar-refractivity contribution in [1.29, 1.82) is 5.39 Å². The summed E-state index contributed by atoms with van der Waals surface area (Å²) in [5.74, 6) is 0.130. The molecule has 0 bridgehead atoms. The third-order valence-electron chi connectivity index (χ3n) is 3.58. The van der Waals surface area contributed by atoms with Crippen LogP contribution in [0, 0.1) is 5.39 Å². The van der Waals surface area contributed by atoms with Crippen molar-refractivity contribution in [3.63, 3.8) is 0 Å². The van der Waals surface area contributed by atoms with Gasteiger partial charge in [0.05, 0.1) is 16.9 Å². The van der Waals surface area contributed by atoms with Crippen molar-refractivity contribution in [2.24, 2.45) is 0 Å². The molecule has 0 radical (unpaired) electrons. The van der Waals surface area contributed by atoms with E-state index in [9.17, 15) is 15.6 Å². The Labute approximate surface area is 115 Å². The Hall–Kier alpha value is -2.64. The Balaban J connectivity index is 2.66. The van der Waals surface area contributed by atoms with Crippen molar-refractivity contribution < 1.29 is 10.2 Å². The summed E-state index contributed by atoms with van der Waals surface area (Å²) in [7, 11) is 0. The van der Waals surface area contributed by atoms with Crippen molar-refractivity contribution >= 4 is 27.2 Å². The lowest BCUT2D eigenvalue weighted by Crippen LogP contribution is -1.93. The van der Waals surface area contributed by atoms with Crippen molar-refractivity contribution in [2.45, 2.75) is 13.0 Å².